The zero-order valence-electron chi connectivity index (χ0n) is 12.7. The van der Waals surface area contributed by atoms with Crippen molar-refractivity contribution in [1.82, 2.24) is 14.8 Å². The third-order valence-corrected chi connectivity index (χ3v) is 4.73. The zero-order valence-corrected chi connectivity index (χ0v) is 13.5. The van der Waals surface area contributed by atoms with E-state index in [1.165, 1.54) is 0 Å². The number of carbonyl (C=O) groups excluding carboxylic acids is 1. The van der Waals surface area contributed by atoms with E-state index in [1.54, 1.807) is 18.3 Å². The summed E-state index contributed by atoms with van der Waals surface area (Å²) in [6, 6.07) is 3.95. The first-order chi connectivity index (χ1) is 10.7. The molecule has 22 heavy (non-hydrogen) atoms. The van der Waals surface area contributed by atoms with Crippen LogP contribution in [0.3, 0.4) is 0 Å². The van der Waals surface area contributed by atoms with Crippen LogP contribution < -0.4 is 0 Å². The van der Waals surface area contributed by atoms with Crippen molar-refractivity contribution in [3.8, 4) is 0 Å². The second-order valence-electron chi connectivity index (χ2n) is 5.89. The van der Waals surface area contributed by atoms with Crippen LogP contribution in [-0.4, -0.2) is 66.1 Å². The van der Waals surface area contributed by atoms with E-state index in [9.17, 15) is 4.79 Å². The van der Waals surface area contributed by atoms with Crippen LogP contribution in [0.4, 0.5) is 0 Å². The third kappa shape index (κ3) is 3.77. The topological polar surface area (TPSA) is 45.7 Å². The van der Waals surface area contributed by atoms with Gasteiger partial charge in [0.1, 0.15) is 5.15 Å². The summed E-state index contributed by atoms with van der Waals surface area (Å²) < 4.78 is 5.43. The molecule has 0 spiro atoms. The Labute approximate surface area is 136 Å². The molecular weight excluding hydrogens is 302 g/mol. The largest absolute Gasteiger partial charge is 0.379 e. The minimum atomic E-state index is 0.0620. The van der Waals surface area contributed by atoms with Crippen molar-refractivity contribution in [2.75, 3.05) is 39.4 Å². The molecule has 0 N–H and O–H groups in total. The van der Waals surface area contributed by atoms with Gasteiger partial charge in [-0.3, -0.25) is 9.69 Å². The van der Waals surface area contributed by atoms with E-state index >= 15 is 0 Å². The lowest BCUT2D eigenvalue weighted by molar-refractivity contribution is 0.0135. The predicted molar refractivity (Wildman–Crippen MR) is 85.2 cm³/mol. The van der Waals surface area contributed by atoms with Crippen LogP contribution in [0.15, 0.2) is 18.3 Å². The van der Waals surface area contributed by atoms with Crippen molar-refractivity contribution in [1.29, 1.82) is 0 Å². The number of hydrogen-bond acceptors (Lipinski definition) is 4. The van der Waals surface area contributed by atoms with Gasteiger partial charge in [-0.2, -0.15) is 0 Å². The van der Waals surface area contributed by atoms with E-state index in [-0.39, 0.29) is 5.91 Å². The quantitative estimate of drug-likeness (QED) is 0.782. The normalized spacial score (nSPS) is 24.0. The van der Waals surface area contributed by atoms with E-state index in [1.807, 2.05) is 4.90 Å². The summed E-state index contributed by atoms with van der Waals surface area (Å²) in [4.78, 5) is 21.0. The molecule has 0 aliphatic carbocycles. The maximum absolute atomic E-state index is 12.6. The molecule has 0 saturated carbocycles. The molecule has 120 valence electrons. The van der Waals surface area contributed by atoms with Gasteiger partial charge in [-0.1, -0.05) is 11.6 Å². The van der Waals surface area contributed by atoms with Gasteiger partial charge >= 0.3 is 0 Å². The molecule has 2 fully saturated rings. The fourth-order valence-electron chi connectivity index (χ4n) is 3.31. The second kappa shape index (κ2) is 7.40. The Morgan fingerprint density at radius 3 is 2.82 bits per heavy atom. The molecule has 3 heterocycles. The highest BCUT2D eigenvalue weighted by molar-refractivity contribution is 6.29. The second-order valence-corrected chi connectivity index (χ2v) is 6.28. The number of halogens is 1. The summed E-state index contributed by atoms with van der Waals surface area (Å²) in [5.41, 5.74) is 0.629. The molecule has 0 unspecified atom stereocenters. The molecule has 6 heteroatoms. The van der Waals surface area contributed by atoms with Crippen molar-refractivity contribution >= 4 is 17.5 Å². The first kappa shape index (κ1) is 15.7. The molecule has 0 bridgehead atoms. The Hall–Kier alpha value is -1.17. The minimum absolute atomic E-state index is 0.0620. The summed E-state index contributed by atoms with van der Waals surface area (Å²) >= 11 is 5.88. The first-order valence-electron chi connectivity index (χ1n) is 7.96. The number of aromatic nitrogens is 1. The van der Waals surface area contributed by atoms with Crippen LogP contribution in [-0.2, 0) is 4.74 Å². The number of pyridine rings is 1. The Kier molecular flexibility index (Phi) is 5.28. The fourth-order valence-corrected chi connectivity index (χ4v) is 3.48. The summed E-state index contributed by atoms with van der Waals surface area (Å²) in [6.07, 6.45) is 4.82. The van der Waals surface area contributed by atoms with Crippen LogP contribution in [0.1, 0.15) is 29.6 Å². The number of hydrogen-bond donors (Lipinski definition) is 0. The number of ether oxygens (including phenoxy) is 1. The molecule has 1 atom stereocenters. The SMILES string of the molecule is O=C(c1ccnc(Cl)c1)N1CCC[C@@H](N2CCOCC2)CC1. The fraction of sp³-hybridized carbons (Fsp3) is 0.625. The standard InChI is InChI=1S/C16H22ClN3O2/c17-15-12-13(3-5-18-15)16(21)20-6-1-2-14(4-7-20)19-8-10-22-11-9-19/h3,5,12,14H,1-2,4,6-11H2/t14-/m1/s1. The molecule has 0 radical (unpaired) electrons. The smallest absolute Gasteiger partial charge is 0.254 e. The summed E-state index contributed by atoms with van der Waals surface area (Å²) in [5, 5.41) is 0.367. The molecule has 3 rings (SSSR count). The highest BCUT2D eigenvalue weighted by Gasteiger charge is 2.26. The van der Waals surface area contributed by atoms with Crippen LogP contribution in [0, 0.1) is 0 Å². The third-order valence-electron chi connectivity index (χ3n) is 4.52. The molecular formula is C16H22ClN3O2. The van der Waals surface area contributed by atoms with E-state index < -0.39 is 0 Å². The molecule has 2 aliphatic heterocycles. The van der Waals surface area contributed by atoms with Gasteiger partial charge in [0.25, 0.3) is 5.91 Å². The van der Waals surface area contributed by atoms with Crippen molar-refractivity contribution in [2.45, 2.75) is 25.3 Å². The number of likely N-dealkylation sites (tertiary alicyclic amines) is 1. The average molecular weight is 324 g/mol. The Bertz CT molecular complexity index is 520. The lowest BCUT2D eigenvalue weighted by Crippen LogP contribution is -2.44. The van der Waals surface area contributed by atoms with Crippen molar-refractivity contribution in [3.05, 3.63) is 29.0 Å². The summed E-state index contributed by atoms with van der Waals surface area (Å²) in [6.45, 7) is 5.31. The van der Waals surface area contributed by atoms with Gasteiger partial charge < -0.3 is 9.64 Å². The van der Waals surface area contributed by atoms with Gasteiger partial charge in [-0.25, -0.2) is 4.98 Å². The maximum atomic E-state index is 12.6. The molecule has 0 aromatic carbocycles. The van der Waals surface area contributed by atoms with Crippen LogP contribution in [0.5, 0.6) is 0 Å². The maximum Gasteiger partial charge on any atom is 0.254 e. The van der Waals surface area contributed by atoms with Crippen LogP contribution in [0.2, 0.25) is 5.15 Å². The Morgan fingerprint density at radius 1 is 1.23 bits per heavy atom. The molecule has 2 saturated heterocycles. The highest BCUT2D eigenvalue weighted by atomic mass is 35.5. The Morgan fingerprint density at radius 2 is 2.05 bits per heavy atom. The van der Waals surface area contributed by atoms with Crippen LogP contribution in [0.25, 0.3) is 0 Å². The molecule has 1 aromatic rings. The van der Waals surface area contributed by atoms with E-state index in [0.717, 1.165) is 58.7 Å². The van der Waals surface area contributed by atoms with E-state index in [0.29, 0.717) is 16.8 Å². The molecule has 2 aliphatic rings. The van der Waals surface area contributed by atoms with Crippen molar-refractivity contribution in [3.63, 3.8) is 0 Å². The monoisotopic (exact) mass is 323 g/mol. The average Bonchev–Trinajstić information content (AvgIpc) is 2.81. The van der Waals surface area contributed by atoms with Gasteiger partial charge in [-0.05, 0) is 31.4 Å². The van der Waals surface area contributed by atoms with Gasteiger partial charge in [0.2, 0.25) is 0 Å². The predicted octanol–water partition coefficient (Wildman–Crippen LogP) is 2.06. The van der Waals surface area contributed by atoms with Crippen LogP contribution >= 0.6 is 11.6 Å². The van der Waals surface area contributed by atoms with E-state index in [2.05, 4.69) is 9.88 Å². The first-order valence-corrected chi connectivity index (χ1v) is 8.34. The molecule has 1 amide bonds. The van der Waals surface area contributed by atoms with Gasteiger partial charge in [0.15, 0.2) is 0 Å². The Balaban J connectivity index is 1.61. The van der Waals surface area contributed by atoms with Crippen molar-refractivity contribution < 1.29 is 9.53 Å². The van der Waals surface area contributed by atoms with Gasteiger partial charge in [0, 0.05) is 44.0 Å². The minimum Gasteiger partial charge on any atom is -0.379 e. The number of morpholine rings is 1. The zero-order chi connectivity index (χ0) is 15.4. The number of rotatable bonds is 2. The number of nitrogens with zero attached hydrogens (tertiary/aromatic N) is 3. The molecule has 1 aromatic heterocycles. The number of amides is 1. The summed E-state index contributed by atoms with van der Waals surface area (Å²) in [7, 11) is 0. The summed E-state index contributed by atoms with van der Waals surface area (Å²) in [5.74, 6) is 0.0620. The highest BCUT2D eigenvalue weighted by Crippen LogP contribution is 2.20. The van der Waals surface area contributed by atoms with Gasteiger partial charge in [0.05, 0.1) is 13.2 Å². The lowest BCUT2D eigenvalue weighted by Gasteiger charge is -2.34. The van der Waals surface area contributed by atoms with Gasteiger partial charge in [-0.15, -0.1) is 0 Å². The van der Waals surface area contributed by atoms with Crippen molar-refractivity contribution in [2.24, 2.45) is 0 Å². The molecule has 5 nitrogen and oxygen atoms in total. The van der Waals surface area contributed by atoms with E-state index in [4.69, 9.17) is 16.3 Å². The number of carbonyl (C=O) groups is 1. The lowest BCUT2D eigenvalue weighted by atomic mass is 10.1.